The molecule has 1 rings (SSSR count). The van der Waals surface area contributed by atoms with E-state index in [9.17, 15) is 9.50 Å². The molecule has 0 fully saturated rings. The van der Waals surface area contributed by atoms with Gasteiger partial charge in [-0.1, -0.05) is 37.9 Å². The summed E-state index contributed by atoms with van der Waals surface area (Å²) in [6.07, 6.45) is 1.87. The van der Waals surface area contributed by atoms with Gasteiger partial charge in [-0.05, 0) is 25.0 Å². The van der Waals surface area contributed by atoms with Crippen LogP contribution in [0.15, 0.2) is 18.2 Å². The van der Waals surface area contributed by atoms with Gasteiger partial charge in [0.2, 0.25) is 0 Å². The van der Waals surface area contributed by atoms with E-state index in [-0.39, 0.29) is 0 Å². The van der Waals surface area contributed by atoms with Crippen molar-refractivity contribution in [3.05, 3.63) is 34.6 Å². The quantitative estimate of drug-likeness (QED) is 0.833. The molecular formula is C12H16ClFO. The van der Waals surface area contributed by atoms with Crippen LogP contribution in [0.1, 0.15) is 38.7 Å². The van der Waals surface area contributed by atoms with Crippen LogP contribution in [0.5, 0.6) is 0 Å². The fourth-order valence-electron chi connectivity index (χ4n) is 1.78. The molecule has 0 amide bonds. The fourth-order valence-corrected chi connectivity index (χ4v) is 1.94. The van der Waals surface area contributed by atoms with E-state index < -0.39 is 11.4 Å². The fraction of sp³-hybridized carbons (Fsp3) is 0.500. The average Bonchev–Trinajstić information content (AvgIpc) is 2.17. The van der Waals surface area contributed by atoms with Crippen LogP contribution >= 0.6 is 11.6 Å². The third-order valence-electron chi connectivity index (χ3n) is 2.68. The van der Waals surface area contributed by atoms with Crippen molar-refractivity contribution in [1.82, 2.24) is 0 Å². The van der Waals surface area contributed by atoms with Gasteiger partial charge in [0.25, 0.3) is 0 Å². The van der Waals surface area contributed by atoms with Crippen molar-refractivity contribution >= 4 is 11.6 Å². The highest BCUT2D eigenvalue weighted by atomic mass is 35.5. The van der Waals surface area contributed by atoms with Crippen LogP contribution in [0.3, 0.4) is 0 Å². The van der Waals surface area contributed by atoms with E-state index in [1.807, 2.05) is 13.8 Å². The summed E-state index contributed by atoms with van der Waals surface area (Å²) in [4.78, 5) is 0. The first-order valence-corrected chi connectivity index (χ1v) is 5.59. The summed E-state index contributed by atoms with van der Waals surface area (Å²) in [6.45, 7) is 3.82. The summed E-state index contributed by atoms with van der Waals surface area (Å²) in [7, 11) is 0. The van der Waals surface area contributed by atoms with Crippen molar-refractivity contribution in [2.75, 3.05) is 0 Å². The minimum absolute atomic E-state index is 0.344. The lowest BCUT2D eigenvalue weighted by atomic mass is 9.86. The van der Waals surface area contributed by atoms with Gasteiger partial charge in [-0.15, -0.1) is 0 Å². The SMILES string of the molecule is CCCC(O)(CC)c1ccc(Cl)cc1F. The minimum Gasteiger partial charge on any atom is -0.385 e. The van der Waals surface area contributed by atoms with Gasteiger partial charge >= 0.3 is 0 Å². The number of benzene rings is 1. The van der Waals surface area contributed by atoms with E-state index in [0.29, 0.717) is 23.4 Å². The lowest BCUT2D eigenvalue weighted by molar-refractivity contribution is 0.0192. The topological polar surface area (TPSA) is 20.2 Å². The third-order valence-corrected chi connectivity index (χ3v) is 2.92. The molecular weight excluding hydrogens is 215 g/mol. The van der Waals surface area contributed by atoms with Crippen LogP contribution in [-0.4, -0.2) is 5.11 Å². The van der Waals surface area contributed by atoms with Crippen molar-refractivity contribution in [2.24, 2.45) is 0 Å². The summed E-state index contributed by atoms with van der Waals surface area (Å²) in [6, 6.07) is 4.42. The smallest absolute Gasteiger partial charge is 0.130 e. The zero-order chi connectivity index (χ0) is 11.5. The monoisotopic (exact) mass is 230 g/mol. The molecule has 1 nitrogen and oxygen atoms in total. The highest BCUT2D eigenvalue weighted by Gasteiger charge is 2.28. The van der Waals surface area contributed by atoms with Gasteiger partial charge in [-0.2, -0.15) is 0 Å². The molecule has 0 radical (unpaired) electrons. The summed E-state index contributed by atoms with van der Waals surface area (Å²) in [5.41, 5.74) is -0.722. The maximum atomic E-state index is 13.6. The Bertz CT molecular complexity index is 340. The Kier molecular flexibility index (Phi) is 4.12. The molecule has 0 bridgehead atoms. The molecule has 0 heterocycles. The Labute approximate surface area is 94.9 Å². The van der Waals surface area contributed by atoms with Crippen LogP contribution in [0.2, 0.25) is 5.02 Å². The molecule has 1 aromatic carbocycles. The number of rotatable bonds is 4. The highest BCUT2D eigenvalue weighted by molar-refractivity contribution is 6.30. The molecule has 0 aliphatic carbocycles. The zero-order valence-electron chi connectivity index (χ0n) is 9.06. The molecule has 84 valence electrons. The molecule has 1 N–H and O–H groups in total. The van der Waals surface area contributed by atoms with Crippen LogP contribution < -0.4 is 0 Å². The van der Waals surface area contributed by atoms with Crippen molar-refractivity contribution in [3.63, 3.8) is 0 Å². The zero-order valence-corrected chi connectivity index (χ0v) is 9.81. The second kappa shape index (κ2) is 4.95. The molecule has 1 atom stereocenters. The standard InChI is InChI=1S/C12H16ClFO/c1-3-7-12(15,4-2)10-6-5-9(13)8-11(10)14/h5-6,8,15H,3-4,7H2,1-2H3. The molecule has 0 aliphatic heterocycles. The van der Waals surface area contributed by atoms with Gasteiger partial charge < -0.3 is 5.11 Å². The first-order chi connectivity index (χ1) is 7.03. The van der Waals surface area contributed by atoms with E-state index in [2.05, 4.69) is 0 Å². The Morgan fingerprint density at radius 1 is 1.40 bits per heavy atom. The van der Waals surface area contributed by atoms with E-state index in [0.717, 1.165) is 6.42 Å². The largest absolute Gasteiger partial charge is 0.385 e. The maximum Gasteiger partial charge on any atom is 0.130 e. The Morgan fingerprint density at radius 2 is 2.07 bits per heavy atom. The summed E-state index contributed by atoms with van der Waals surface area (Å²) in [5, 5.41) is 10.6. The lowest BCUT2D eigenvalue weighted by Crippen LogP contribution is -2.25. The summed E-state index contributed by atoms with van der Waals surface area (Å²) in [5.74, 6) is -0.430. The second-order valence-electron chi connectivity index (χ2n) is 3.76. The summed E-state index contributed by atoms with van der Waals surface area (Å²) < 4.78 is 13.6. The van der Waals surface area contributed by atoms with Crippen LogP contribution in [0.4, 0.5) is 4.39 Å². The van der Waals surface area contributed by atoms with Gasteiger partial charge in [0.15, 0.2) is 0 Å². The van der Waals surface area contributed by atoms with E-state index >= 15 is 0 Å². The predicted molar refractivity (Wildman–Crippen MR) is 60.5 cm³/mol. The number of halogens is 2. The van der Waals surface area contributed by atoms with Gasteiger partial charge in [0, 0.05) is 10.6 Å². The predicted octanol–water partition coefficient (Wildman–Crippen LogP) is 3.88. The highest BCUT2D eigenvalue weighted by Crippen LogP contribution is 2.32. The molecule has 1 unspecified atom stereocenters. The molecule has 0 aliphatic rings. The van der Waals surface area contributed by atoms with Crippen LogP contribution in [0, 0.1) is 5.82 Å². The number of hydrogen-bond donors (Lipinski definition) is 1. The van der Waals surface area contributed by atoms with Gasteiger partial charge in [-0.3, -0.25) is 0 Å². The normalized spacial score (nSPS) is 15.0. The van der Waals surface area contributed by atoms with Gasteiger partial charge in [0.05, 0.1) is 5.60 Å². The lowest BCUT2D eigenvalue weighted by Gasteiger charge is -2.27. The van der Waals surface area contributed by atoms with E-state index in [1.165, 1.54) is 6.07 Å². The van der Waals surface area contributed by atoms with Crippen molar-refractivity contribution in [1.29, 1.82) is 0 Å². The average molecular weight is 231 g/mol. The minimum atomic E-state index is -1.07. The Balaban J connectivity index is 3.12. The van der Waals surface area contributed by atoms with Gasteiger partial charge in [-0.25, -0.2) is 4.39 Å². The van der Waals surface area contributed by atoms with Crippen molar-refractivity contribution in [2.45, 2.75) is 38.7 Å². The van der Waals surface area contributed by atoms with E-state index in [1.54, 1.807) is 12.1 Å². The van der Waals surface area contributed by atoms with Crippen molar-refractivity contribution in [3.8, 4) is 0 Å². The van der Waals surface area contributed by atoms with Gasteiger partial charge in [0.1, 0.15) is 5.82 Å². The second-order valence-corrected chi connectivity index (χ2v) is 4.20. The molecule has 15 heavy (non-hydrogen) atoms. The molecule has 0 saturated carbocycles. The molecule has 0 saturated heterocycles. The Morgan fingerprint density at radius 3 is 2.53 bits per heavy atom. The van der Waals surface area contributed by atoms with Crippen LogP contribution in [0.25, 0.3) is 0 Å². The summed E-state index contributed by atoms with van der Waals surface area (Å²) >= 11 is 5.67. The molecule has 1 aromatic rings. The van der Waals surface area contributed by atoms with Crippen LogP contribution in [-0.2, 0) is 5.60 Å². The molecule has 0 aromatic heterocycles. The first-order valence-electron chi connectivity index (χ1n) is 5.21. The number of aliphatic hydroxyl groups is 1. The third kappa shape index (κ3) is 2.70. The first kappa shape index (κ1) is 12.5. The maximum absolute atomic E-state index is 13.6. The Hall–Kier alpha value is -0.600. The molecule has 0 spiro atoms. The number of hydrogen-bond acceptors (Lipinski definition) is 1. The molecule has 3 heteroatoms. The van der Waals surface area contributed by atoms with E-state index in [4.69, 9.17) is 11.6 Å². The van der Waals surface area contributed by atoms with Crippen molar-refractivity contribution < 1.29 is 9.50 Å².